The first-order valence-corrected chi connectivity index (χ1v) is 9.76. The van der Waals surface area contributed by atoms with Gasteiger partial charge >= 0.3 is 6.18 Å². The number of alkyl halides is 3. The lowest BCUT2D eigenvalue weighted by atomic mass is 10.1. The number of nitrogens with one attached hydrogen (secondary N) is 2. The summed E-state index contributed by atoms with van der Waals surface area (Å²) in [6.07, 6.45) is -2.70. The molecule has 2 N–H and O–H groups in total. The number of carbonyl (C=O) groups excluding carboxylic acids is 2. The predicted molar refractivity (Wildman–Crippen MR) is 109 cm³/mol. The smallest absolute Gasteiger partial charge is 0.416 e. The lowest BCUT2D eigenvalue weighted by Crippen LogP contribution is -2.16. The van der Waals surface area contributed by atoms with Gasteiger partial charge in [0.05, 0.1) is 23.1 Å². The van der Waals surface area contributed by atoms with Gasteiger partial charge < -0.3 is 15.1 Å². The highest BCUT2D eigenvalue weighted by Crippen LogP contribution is 2.49. The Kier molecular flexibility index (Phi) is 5.50. The van der Waals surface area contributed by atoms with Crippen molar-refractivity contribution in [2.45, 2.75) is 25.4 Å². The van der Waals surface area contributed by atoms with E-state index in [0.717, 1.165) is 18.2 Å². The topological polar surface area (TPSA) is 71.3 Å². The fraction of sp³-hybridized carbons (Fsp3) is 0.217. The Bertz CT molecular complexity index is 1190. The summed E-state index contributed by atoms with van der Waals surface area (Å²) in [6, 6.07) is 10.1. The number of aryl methyl sites for hydroxylation is 1. The molecule has 0 bridgehead atoms. The number of benzene rings is 2. The highest BCUT2D eigenvalue weighted by atomic mass is 19.4. The Labute approximate surface area is 180 Å². The van der Waals surface area contributed by atoms with Gasteiger partial charge in [0, 0.05) is 11.6 Å². The molecule has 0 radical (unpaired) electrons. The molecule has 166 valence electrons. The minimum atomic E-state index is -4.45. The van der Waals surface area contributed by atoms with Crippen LogP contribution >= 0.6 is 0 Å². The first-order chi connectivity index (χ1) is 15.1. The summed E-state index contributed by atoms with van der Waals surface area (Å²) in [5.74, 6) is -2.07. The normalized spacial score (nSPS) is 17.7. The number of hydrogen-bond acceptors (Lipinski definition) is 3. The van der Waals surface area contributed by atoms with Crippen LogP contribution < -0.4 is 10.6 Å². The average molecular weight is 446 g/mol. The van der Waals surface area contributed by atoms with Crippen molar-refractivity contribution in [3.05, 3.63) is 83.1 Å². The van der Waals surface area contributed by atoms with Crippen LogP contribution in [0.5, 0.6) is 0 Å². The molecule has 1 heterocycles. The van der Waals surface area contributed by atoms with Gasteiger partial charge in [-0.25, -0.2) is 4.39 Å². The van der Waals surface area contributed by atoms with E-state index in [2.05, 4.69) is 10.6 Å². The molecule has 1 aliphatic rings. The van der Waals surface area contributed by atoms with Crippen molar-refractivity contribution in [2.75, 3.05) is 10.6 Å². The van der Waals surface area contributed by atoms with Crippen LogP contribution in [-0.2, 0) is 11.0 Å². The predicted octanol–water partition coefficient (Wildman–Crippen LogP) is 5.74. The molecule has 32 heavy (non-hydrogen) atoms. The SMILES string of the molecule is Cc1occc1C(=O)Nc1cc(NC(=O)C2CC2c2cccc(C(F)(F)F)c2)ccc1F. The molecular weight excluding hydrogens is 428 g/mol. The van der Waals surface area contributed by atoms with E-state index in [1.807, 2.05) is 0 Å². The third-order valence-electron chi connectivity index (χ3n) is 5.35. The molecule has 5 nitrogen and oxygen atoms in total. The van der Waals surface area contributed by atoms with Gasteiger partial charge in [0.1, 0.15) is 11.6 Å². The van der Waals surface area contributed by atoms with E-state index in [4.69, 9.17) is 4.42 Å². The Morgan fingerprint density at radius 2 is 1.84 bits per heavy atom. The Morgan fingerprint density at radius 3 is 2.53 bits per heavy atom. The molecule has 4 rings (SSSR count). The second-order valence-electron chi connectivity index (χ2n) is 7.60. The van der Waals surface area contributed by atoms with Crippen LogP contribution in [0.25, 0.3) is 0 Å². The van der Waals surface area contributed by atoms with Crippen molar-refractivity contribution in [1.82, 2.24) is 0 Å². The zero-order valence-electron chi connectivity index (χ0n) is 16.8. The maximum Gasteiger partial charge on any atom is 0.416 e. The number of amides is 2. The van der Waals surface area contributed by atoms with Crippen LogP contribution in [0.2, 0.25) is 0 Å². The molecule has 3 aromatic rings. The number of hydrogen-bond donors (Lipinski definition) is 2. The molecular formula is C23H18F4N2O3. The minimum absolute atomic E-state index is 0.126. The van der Waals surface area contributed by atoms with E-state index >= 15 is 0 Å². The molecule has 2 atom stereocenters. The van der Waals surface area contributed by atoms with Crippen LogP contribution in [0, 0.1) is 18.7 Å². The van der Waals surface area contributed by atoms with E-state index in [0.29, 0.717) is 17.7 Å². The first kappa shape index (κ1) is 21.6. The van der Waals surface area contributed by atoms with Gasteiger partial charge in [-0.05, 0) is 55.2 Å². The monoisotopic (exact) mass is 446 g/mol. The van der Waals surface area contributed by atoms with Gasteiger partial charge in [-0.2, -0.15) is 13.2 Å². The molecule has 1 fully saturated rings. The largest absolute Gasteiger partial charge is 0.469 e. The highest BCUT2D eigenvalue weighted by molar-refractivity contribution is 6.05. The molecule has 9 heteroatoms. The van der Waals surface area contributed by atoms with Crippen LogP contribution in [0.4, 0.5) is 28.9 Å². The molecule has 1 aromatic heterocycles. The number of halogens is 4. The van der Waals surface area contributed by atoms with Gasteiger partial charge in [0.2, 0.25) is 5.91 Å². The van der Waals surface area contributed by atoms with Crippen LogP contribution in [-0.4, -0.2) is 11.8 Å². The zero-order valence-corrected chi connectivity index (χ0v) is 16.8. The second-order valence-corrected chi connectivity index (χ2v) is 7.60. The molecule has 0 aliphatic heterocycles. The van der Waals surface area contributed by atoms with Crippen molar-refractivity contribution >= 4 is 23.2 Å². The van der Waals surface area contributed by atoms with Crippen molar-refractivity contribution in [3.63, 3.8) is 0 Å². The van der Waals surface area contributed by atoms with E-state index in [1.165, 1.54) is 30.5 Å². The van der Waals surface area contributed by atoms with E-state index < -0.39 is 29.4 Å². The van der Waals surface area contributed by atoms with Crippen molar-refractivity contribution in [1.29, 1.82) is 0 Å². The fourth-order valence-corrected chi connectivity index (χ4v) is 3.54. The summed E-state index contributed by atoms with van der Waals surface area (Å²) in [5, 5.41) is 5.07. The maximum atomic E-state index is 14.2. The number of carbonyl (C=O) groups is 2. The van der Waals surface area contributed by atoms with Gasteiger partial charge in [-0.1, -0.05) is 18.2 Å². The lowest BCUT2D eigenvalue weighted by Gasteiger charge is -2.10. The van der Waals surface area contributed by atoms with E-state index in [-0.39, 0.29) is 28.8 Å². The van der Waals surface area contributed by atoms with Gasteiger partial charge in [0.15, 0.2) is 0 Å². The fourth-order valence-electron chi connectivity index (χ4n) is 3.54. The highest BCUT2D eigenvalue weighted by Gasteiger charge is 2.44. The maximum absolute atomic E-state index is 14.2. The van der Waals surface area contributed by atoms with Crippen LogP contribution in [0.15, 0.2) is 59.2 Å². The lowest BCUT2D eigenvalue weighted by molar-refractivity contribution is -0.137. The quantitative estimate of drug-likeness (QED) is 0.491. The summed E-state index contributed by atoms with van der Waals surface area (Å²) >= 11 is 0. The molecule has 1 saturated carbocycles. The van der Waals surface area contributed by atoms with E-state index in [9.17, 15) is 27.2 Å². The molecule has 2 aromatic carbocycles. The zero-order chi connectivity index (χ0) is 23.0. The summed E-state index contributed by atoms with van der Waals surface area (Å²) in [5.41, 5.74) is 0.0695. The number of rotatable bonds is 5. The van der Waals surface area contributed by atoms with Gasteiger partial charge in [-0.3, -0.25) is 9.59 Å². The van der Waals surface area contributed by atoms with Crippen molar-refractivity contribution in [3.8, 4) is 0 Å². The number of anilines is 2. The van der Waals surface area contributed by atoms with Crippen LogP contribution in [0.3, 0.4) is 0 Å². The summed E-state index contributed by atoms with van der Waals surface area (Å²) in [7, 11) is 0. The van der Waals surface area contributed by atoms with Gasteiger partial charge in [-0.15, -0.1) is 0 Å². The summed E-state index contributed by atoms with van der Waals surface area (Å²) in [6.45, 7) is 1.60. The second kappa shape index (κ2) is 8.14. The number of furan rings is 1. The minimum Gasteiger partial charge on any atom is -0.469 e. The molecule has 0 spiro atoms. The van der Waals surface area contributed by atoms with Crippen molar-refractivity contribution in [2.24, 2.45) is 5.92 Å². The standard InChI is InChI=1S/C23H18F4N2O3/c1-12-16(7-8-32-12)21(30)29-20-10-15(5-6-19(20)24)28-22(31)18-11-17(18)13-3-2-4-14(9-13)23(25,26)27/h2-10,17-18H,11H2,1H3,(H,28,31)(H,29,30). The summed E-state index contributed by atoms with van der Waals surface area (Å²) < 4.78 is 58.0. The third-order valence-corrected chi connectivity index (χ3v) is 5.35. The third kappa shape index (κ3) is 4.51. The van der Waals surface area contributed by atoms with Gasteiger partial charge in [0.25, 0.3) is 5.91 Å². The van der Waals surface area contributed by atoms with Crippen LogP contribution in [0.1, 0.15) is 39.6 Å². The Morgan fingerprint density at radius 1 is 1.06 bits per heavy atom. The molecule has 2 unspecified atom stereocenters. The molecule has 0 saturated heterocycles. The average Bonchev–Trinajstić information content (AvgIpc) is 3.43. The summed E-state index contributed by atoms with van der Waals surface area (Å²) in [4.78, 5) is 24.9. The molecule has 2 amide bonds. The Balaban J connectivity index is 1.43. The Hall–Kier alpha value is -3.62. The molecule has 1 aliphatic carbocycles. The first-order valence-electron chi connectivity index (χ1n) is 9.76. The van der Waals surface area contributed by atoms with E-state index in [1.54, 1.807) is 13.0 Å². The van der Waals surface area contributed by atoms with Crippen molar-refractivity contribution < 1.29 is 31.6 Å².